The van der Waals surface area contributed by atoms with E-state index >= 15 is 0 Å². The zero-order chi connectivity index (χ0) is 22.5. The van der Waals surface area contributed by atoms with Gasteiger partial charge in [-0.15, -0.1) is 0 Å². The number of nitrogens with one attached hydrogen (secondary N) is 2. The molecule has 3 atom stereocenters. The quantitative estimate of drug-likeness (QED) is 0.513. The topological polar surface area (TPSA) is 77.7 Å². The Kier molecular flexibility index (Phi) is 7.35. The standard InChI is InChI=1S/C25H38N6O/c1-4-18(3)27-20-9-8-10-21(15-20)28-24-16-23(29-25-19(5-2)17-26-31(24)25)30-13-7-6-11-22(30)12-14-32/h4,16-17,20-22,27-28,32H,1,3,5-15H2,2H3/t20?,21?,22-/m0/s1. The molecule has 7 nitrogen and oxygen atoms in total. The molecule has 2 aromatic rings. The van der Waals surface area contributed by atoms with Crippen molar-refractivity contribution in [1.29, 1.82) is 0 Å². The third kappa shape index (κ3) is 4.93. The van der Waals surface area contributed by atoms with Gasteiger partial charge in [-0.2, -0.15) is 9.61 Å². The molecule has 174 valence electrons. The Morgan fingerprint density at radius 3 is 2.88 bits per heavy atom. The molecule has 1 aliphatic heterocycles. The van der Waals surface area contributed by atoms with E-state index in [4.69, 9.17) is 4.98 Å². The second kappa shape index (κ2) is 10.4. The van der Waals surface area contributed by atoms with Crippen LogP contribution in [0.4, 0.5) is 11.6 Å². The van der Waals surface area contributed by atoms with E-state index in [1.807, 2.05) is 10.7 Å². The number of fused-ring (bicyclic) bond motifs is 1. The van der Waals surface area contributed by atoms with Gasteiger partial charge >= 0.3 is 0 Å². The van der Waals surface area contributed by atoms with Gasteiger partial charge in [0.15, 0.2) is 5.65 Å². The molecule has 2 unspecified atom stereocenters. The average Bonchev–Trinajstić information content (AvgIpc) is 3.23. The fraction of sp³-hybridized carbons (Fsp3) is 0.600. The number of allylic oxidation sites excluding steroid dienone is 1. The summed E-state index contributed by atoms with van der Waals surface area (Å²) in [6.07, 6.45) is 13.4. The molecule has 1 aliphatic carbocycles. The van der Waals surface area contributed by atoms with Gasteiger partial charge in [-0.1, -0.05) is 20.1 Å². The van der Waals surface area contributed by atoms with Crippen molar-refractivity contribution >= 4 is 17.3 Å². The SMILES string of the molecule is C=CC(=C)NC1CCCC(Nc2cc(N3CCCC[C@H]3CCO)nc3c(CC)cnn23)C1. The molecule has 2 aromatic heterocycles. The van der Waals surface area contributed by atoms with Crippen LogP contribution in [0.2, 0.25) is 0 Å². The molecular weight excluding hydrogens is 400 g/mol. The van der Waals surface area contributed by atoms with Crippen molar-refractivity contribution in [3.63, 3.8) is 0 Å². The summed E-state index contributed by atoms with van der Waals surface area (Å²) in [5.41, 5.74) is 2.99. The summed E-state index contributed by atoms with van der Waals surface area (Å²) in [6, 6.07) is 3.27. The van der Waals surface area contributed by atoms with Crippen LogP contribution in [-0.2, 0) is 6.42 Å². The van der Waals surface area contributed by atoms with E-state index in [1.165, 1.54) is 19.3 Å². The van der Waals surface area contributed by atoms with E-state index in [0.717, 1.165) is 73.6 Å². The van der Waals surface area contributed by atoms with Crippen molar-refractivity contribution in [2.45, 2.75) is 82.8 Å². The number of aliphatic hydroxyl groups is 1. The first-order valence-corrected chi connectivity index (χ1v) is 12.2. The minimum absolute atomic E-state index is 0.216. The fourth-order valence-electron chi connectivity index (χ4n) is 5.23. The van der Waals surface area contributed by atoms with Crippen LogP contribution in [0.3, 0.4) is 0 Å². The summed E-state index contributed by atoms with van der Waals surface area (Å²) < 4.78 is 1.97. The predicted octanol–water partition coefficient (Wildman–Crippen LogP) is 4.05. The van der Waals surface area contributed by atoms with Crippen molar-refractivity contribution < 1.29 is 5.11 Å². The van der Waals surface area contributed by atoms with E-state index < -0.39 is 0 Å². The molecule has 2 aliphatic rings. The van der Waals surface area contributed by atoms with Gasteiger partial charge in [0.05, 0.1) is 6.20 Å². The number of aryl methyl sites for hydroxylation is 1. The number of piperidine rings is 1. The highest BCUT2D eigenvalue weighted by Gasteiger charge is 2.27. The second-order valence-electron chi connectivity index (χ2n) is 9.19. The summed E-state index contributed by atoms with van der Waals surface area (Å²) in [5.74, 6) is 2.00. The summed E-state index contributed by atoms with van der Waals surface area (Å²) in [6.45, 7) is 11.2. The molecular formula is C25H38N6O. The third-order valence-electron chi connectivity index (χ3n) is 6.96. The zero-order valence-corrected chi connectivity index (χ0v) is 19.4. The van der Waals surface area contributed by atoms with Gasteiger partial charge in [0.2, 0.25) is 0 Å². The number of hydrogen-bond acceptors (Lipinski definition) is 6. The average molecular weight is 439 g/mol. The van der Waals surface area contributed by atoms with Crippen molar-refractivity contribution in [2.24, 2.45) is 0 Å². The number of nitrogens with zero attached hydrogens (tertiary/aromatic N) is 4. The molecule has 0 amide bonds. The van der Waals surface area contributed by atoms with Gasteiger partial charge in [0, 0.05) is 48.6 Å². The number of hydrogen-bond donors (Lipinski definition) is 3. The minimum atomic E-state index is 0.216. The maximum absolute atomic E-state index is 9.59. The molecule has 4 rings (SSSR count). The van der Waals surface area contributed by atoms with E-state index in [0.29, 0.717) is 18.1 Å². The number of rotatable bonds is 9. The predicted molar refractivity (Wildman–Crippen MR) is 131 cm³/mol. The normalized spacial score (nSPS) is 23.8. The summed E-state index contributed by atoms with van der Waals surface area (Å²) >= 11 is 0. The van der Waals surface area contributed by atoms with Crippen LogP contribution < -0.4 is 15.5 Å². The molecule has 7 heteroatoms. The van der Waals surface area contributed by atoms with Crippen LogP contribution in [0, 0.1) is 0 Å². The van der Waals surface area contributed by atoms with Gasteiger partial charge in [-0.25, -0.2) is 4.98 Å². The summed E-state index contributed by atoms with van der Waals surface area (Å²) in [4.78, 5) is 7.45. The van der Waals surface area contributed by atoms with E-state index in [2.05, 4.69) is 46.8 Å². The highest BCUT2D eigenvalue weighted by molar-refractivity contribution is 5.61. The number of aliphatic hydroxyl groups excluding tert-OH is 1. The maximum atomic E-state index is 9.59. The van der Waals surface area contributed by atoms with Crippen LogP contribution in [0.1, 0.15) is 63.9 Å². The smallest absolute Gasteiger partial charge is 0.162 e. The monoisotopic (exact) mass is 438 g/mol. The van der Waals surface area contributed by atoms with Gasteiger partial charge < -0.3 is 20.6 Å². The summed E-state index contributed by atoms with van der Waals surface area (Å²) in [7, 11) is 0. The van der Waals surface area contributed by atoms with Gasteiger partial charge in [-0.05, 0) is 63.9 Å². The Bertz CT molecular complexity index is 936. The first kappa shape index (κ1) is 22.6. The molecule has 0 bridgehead atoms. The van der Waals surface area contributed by atoms with Gasteiger partial charge in [-0.3, -0.25) is 0 Å². The van der Waals surface area contributed by atoms with Crippen LogP contribution >= 0.6 is 0 Å². The van der Waals surface area contributed by atoms with Crippen LogP contribution in [0.25, 0.3) is 5.65 Å². The first-order valence-electron chi connectivity index (χ1n) is 12.2. The van der Waals surface area contributed by atoms with E-state index in [9.17, 15) is 5.11 Å². The number of aromatic nitrogens is 3. The largest absolute Gasteiger partial charge is 0.396 e. The lowest BCUT2D eigenvalue weighted by Crippen LogP contribution is -2.41. The highest BCUT2D eigenvalue weighted by Crippen LogP contribution is 2.30. The lowest BCUT2D eigenvalue weighted by Gasteiger charge is -2.37. The van der Waals surface area contributed by atoms with Crippen molar-refractivity contribution in [3.8, 4) is 0 Å². The molecule has 0 aromatic carbocycles. The molecule has 32 heavy (non-hydrogen) atoms. The molecule has 0 spiro atoms. The zero-order valence-electron chi connectivity index (χ0n) is 19.4. The molecule has 3 heterocycles. The van der Waals surface area contributed by atoms with Crippen LogP contribution in [-0.4, -0.2) is 51.0 Å². The van der Waals surface area contributed by atoms with Crippen molar-refractivity contribution in [1.82, 2.24) is 19.9 Å². The van der Waals surface area contributed by atoms with E-state index in [-0.39, 0.29) is 6.61 Å². The molecule has 1 saturated heterocycles. The molecule has 2 fully saturated rings. The summed E-state index contributed by atoms with van der Waals surface area (Å²) in [5, 5.41) is 21.6. The Morgan fingerprint density at radius 1 is 1.25 bits per heavy atom. The molecule has 0 radical (unpaired) electrons. The molecule has 1 saturated carbocycles. The number of anilines is 2. The van der Waals surface area contributed by atoms with Crippen LogP contribution in [0.15, 0.2) is 37.2 Å². The third-order valence-corrected chi connectivity index (χ3v) is 6.96. The van der Waals surface area contributed by atoms with Crippen molar-refractivity contribution in [2.75, 3.05) is 23.4 Å². The van der Waals surface area contributed by atoms with Gasteiger partial charge in [0.25, 0.3) is 0 Å². The maximum Gasteiger partial charge on any atom is 0.162 e. The first-order chi connectivity index (χ1) is 15.6. The van der Waals surface area contributed by atoms with Crippen molar-refractivity contribution in [3.05, 3.63) is 42.8 Å². The Hall–Kier alpha value is -2.54. The highest BCUT2D eigenvalue weighted by atomic mass is 16.3. The fourth-order valence-corrected chi connectivity index (χ4v) is 5.23. The van der Waals surface area contributed by atoms with Gasteiger partial charge in [0.1, 0.15) is 11.6 Å². The van der Waals surface area contributed by atoms with E-state index in [1.54, 1.807) is 6.08 Å². The lowest BCUT2D eigenvalue weighted by molar-refractivity contribution is 0.262. The van der Waals surface area contributed by atoms with Crippen LogP contribution in [0.5, 0.6) is 0 Å². The Morgan fingerprint density at radius 2 is 2.09 bits per heavy atom. The Balaban J connectivity index is 1.62. The minimum Gasteiger partial charge on any atom is -0.396 e. The molecule has 3 N–H and O–H groups in total. The second-order valence-corrected chi connectivity index (χ2v) is 9.19. The lowest BCUT2D eigenvalue weighted by atomic mass is 9.90. The Labute approximate surface area is 191 Å².